The number of benzene rings is 1. The molecule has 0 unspecified atom stereocenters. The van der Waals surface area contributed by atoms with Crippen molar-refractivity contribution in [1.29, 1.82) is 0 Å². The molecular formula is C9H9NOS2. The van der Waals surface area contributed by atoms with Gasteiger partial charge in [0.1, 0.15) is 4.21 Å². The van der Waals surface area contributed by atoms with Gasteiger partial charge >= 0.3 is 0 Å². The third kappa shape index (κ3) is 1.36. The Hall–Kier alpha value is -0.870. The zero-order valence-electron chi connectivity index (χ0n) is 7.07. The summed E-state index contributed by atoms with van der Waals surface area (Å²) >= 11 is 5.92. The Bertz CT molecular complexity index is 450. The molecule has 0 aliphatic rings. The summed E-state index contributed by atoms with van der Waals surface area (Å²) in [5, 5.41) is 1.04. The van der Waals surface area contributed by atoms with Crippen LogP contribution in [0.1, 0.15) is 0 Å². The van der Waals surface area contributed by atoms with E-state index < -0.39 is 0 Å². The van der Waals surface area contributed by atoms with Gasteiger partial charge < -0.3 is 10.5 Å². The van der Waals surface area contributed by atoms with Gasteiger partial charge in [0.15, 0.2) is 5.75 Å². The van der Waals surface area contributed by atoms with Crippen molar-refractivity contribution >= 4 is 39.7 Å². The molecule has 68 valence electrons. The Kier molecular flexibility index (Phi) is 2.09. The molecule has 0 fully saturated rings. The number of fused-ring (bicyclic) bond motifs is 1. The number of ether oxygens (including phenoxy) is 1. The minimum Gasteiger partial charge on any atom is -0.494 e. The quantitative estimate of drug-likeness (QED) is 0.562. The summed E-state index contributed by atoms with van der Waals surface area (Å²) in [6.45, 7) is 0. The van der Waals surface area contributed by atoms with Crippen LogP contribution in [0.5, 0.6) is 5.75 Å². The average molecular weight is 211 g/mol. The summed E-state index contributed by atoms with van der Waals surface area (Å²) in [5.74, 6) is 0.815. The van der Waals surface area contributed by atoms with Gasteiger partial charge in [0.05, 0.1) is 7.11 Å². The fraction of sp³-hybridized carbons (Fsp3) is 0.111. The van der Waals surface area contributed by atoms with E-state index in [-0.39, 0.29) is 0 Å². The first-order chi connectivity index (χ1) is 6.22. The molecule has 2 aromatic rings. The maximum absolute atomic E-state index is 5.68. The summed E-state index contributed by atoms with van der Waals surface area (Å²) in [6.07, 6.45) is 0. The Morgan fingerprint density at radius 3 is 2.92 bits per heavy atom. The van der Waals surface area contributed by atoms with Crippen LogP contribution < -0.4 is 10.5 Å². The van der Waals surface area contributed by atoms with Crippen LogP contribution in [0.25, 0.3) is 10.1 Å². The first-order valence-corrected chi connectivity index (χ1v) is 5.03. The molecule has 0 saturated heterocycles. The van der Waals surface area contributed by atoms with Gasteiger partial charge in [0.2, 0.25) is 0 Å². The number of hydrogen-bond donors (Lipinski definition) is 2. The Labute approximate surface area is 85.7 Å². The summed E-state index contributed by atoms with van der Waals surface area (Å²) in [5.41, 5.74) is 6.43. The van der Waals surface area contributed by atoms with Crippen LogP contribution in [0.15, 0.2) is 22.4 Å². The van der Waals surface area contributed by atoms with Crippen LogP contribution in [0.4, 0.5) is 5.69 Å². The summed E-state index contributed by atoms with van der Waals surface area (Å²) < 4.78 is 7.27. The van der Waals surface area contributed by atoms with E-state index in [1.807, 2.05) is 18.2 Å². The van der Waals surface area contributed by atoms with E-state index in [1.165, 1.54) is 0 Å². The number of nitrogen functional groups attached to an aromatic ring is 1. The molecule has 0 aliphatic heterocycles. The lowest BCUT2D eigenvalue weighted by Gasteiger charge is -1.98. The van der Waals surface area contributed by atoms with E-state index in [2.05, 4.69) is 12.6 Å². The minimum atomic E-state index is 0.747. The first-order valence-electron chi connectivity index (χ1n) is 3.77. The second-order valence-corrected chi connectivity index (χ2v) is 4.50. The zero-order valence-corrected chi connectivity index (χ0v) is 8.78. The van der Waals surface area contributed by atoms with Crippen molar-refractivity contribution in [2.75, 3.05) is 12.8 Å². The summed E-state index contributed by atoms with van der Waals surface area (Å²) in [7, 11) is 1.64. The fourth-order valence-electron chi connectivity index (χ4n) is 1.28. The van der Waals surface area contributed by atoms with Crippen molar-refractivity contribution < 1.29 is 4.74 Å². The van der Waals surface area contributed by atoms with Gasteiger partial charge in [-0.1, -0.05) is 0 Å². The van der Waals surface area contributed by atoms with Crippen LogP contribution in [-0.2, 0) is 0 Å². The molecule has 1 aromatic heterocycles. The van der Waals surface area contributed by atoms with Gasteiger partial charge in [-0.3, -0.25) is 0 Å². The number of methoxy groups -OCH3 is 1. The molecule has 2 rings (SSSR count). The van der Waals surface area contributed by atoms with Gasteiger partial charge in [0.25, 0.3) is 0 Å². The first kappa shape index (κ1) is 8.72. The van der Waals surface area contributed by atoms with E-state index in [1.54, 1.807) is 18.4 Å². The maximum Gasteiger partial charge on any atom is 0.150 e. The lowest BCUT2D eigenvalue weighted by Crippen LogP contribution is -1.84. The van der Waals surface area contributed by atoms with Gasteiger partial charge in [-0.25, -0.2) is 0 Å². The third-order valence-electron chi connectivity index (χ3n) is 1.85. The van der Waals surface area contributed by atoms with Gasteiger partial charge in [-0.15, -0.1) is 24.0 Å². The monoisotopic (exact) mass is 211 g/mol. The number of anilines is 1. The van der Waals surface area contributed by atoms with Crippen LogP contribution in [-0.4, -0.2) is 7.11 Å². The van der Waals surface area contributed by atoms with E-state index in [0.717, 1.165) is 25.7 Å². The topological polar surface area (TPSA) is 35.2 Å². The summed E-state index contributed by atoms with van der Waals surface area (Å²) in [4.78, 5) is 0. The van der Waals surface area contributed by atoms with Crippen molar-refractivity contribution in [3.8, 4) is 5.75 Å². The van der Waals surface area contributed by atoms with Gasteiger partial charge in [-0.05, 0) is 18.2 Å². The number of thiol groups is 1. The van der Waals surface area contributed by atoms with Crippen molar-refractivity contribution in [3.05, 3.63) is 18.2 Å². The van der Waals surface area contributed by atoms with Crippen LogP contribution >= 0.6 is 24.0 Å². The molecule has 0 amide bonds. The van der Waals surface area contributed by atoms with E-state index in [4.69, 9.17) is 10.5 Å². The number of nitrogens with two attached hydrogens (primary N) is 1. The molecule has 0 spiro atoms. The smallest absolute Gasteiger partial charge is 0.150 e. The molecule has 4 heteroatoms. The van der Waals surface area contributed by atoms with E-state index >= 15 is 0 Å². The highest BCUT2D eigenvalue weighted by atomic mass is 32.2. The molecule has 0 saturated carbocycles. The summed E-state index contributed by atoms with van der Waals surface area (Å²) in [6, 6.07) is 5.77. The van der Waals surface area contributed by atoms with Crippen molar-refractivity contribution in [2.24, 2.45) is 0 Å². The fourth-order valence-corrected chi connectivity index (χ4v) is 2.68. The molecule has 2 N–H and O–H groups in total. The maximum atomic E-state index is 5.68. The molecule has 2 nitrogen and oxygen atoms in total. The predicted molar refractivity (Wildman–Crippen MR) is 60.0 cm³/mol. The predicted octanol–water partition coefficient (Wildman–Crippen LogP) is 2.78. The largest absolute Gasteiger partial charge is 0.494 e. The molecule has 13 heavy (non-hydrogen) atoms. The van der Waals surface area contributed by atoms with Crippen molar-refractivity contribution in [2.45, 2.75) is 4.21 Å². The molecule has 0 atom stereocenters. The number of rotatable bonds is 1. The molecule has 0 bridgehead atoms. The third-order valence-corrected chi connectivity index (χ3v) is 3.28. The SMILES string of the molecule is COc1c(S)sc2ccc(N)cc12. The molecule has 0 radical (unpaired) electrons. The standard InChI is InChI=1S/C9H9NOS2/c1-11-8-6-4-5(10)2-3-7(6)13-9(8)12/h2-4,12H,10H2,1H3. The van der Waals surface area contributed by atoms with Crippen LogP contribution in [0.3, 0.4) is 0 Å². The highest BCUT2D eigenvalue weighted by molar-refractivity contribution is 7.83. The van der Waals surface area contributed by atoms with Crippen molar-refractivity contribution in [3.63, 3.8) is 0 Å². The van der Waals surface area contributed by atoms with E-state index in [9.17, 15) is 0 Å². The molecule has 1 aromatic carbocycles. The Morgan fingerprint density at radius 2 is 2.23 bits per heavy atom. The van der Waals surface area contributed by atoms with Gasteiger partial charge in [-0.2, -0.15) is 0 Å². The lowest BCUT2D eigenvalue weighted by atomic mass is 10.2. The molecular weight excluding hydrogens is 202 g/mol. The zero-order chi connectivity index (χ0) is 9.42. The van der Waals surface area contributed by atoms with Crippen LogP contribution in [0, 0.1) is 0 Å². The Morgan fingerprint density at radius 1 is 1.46 bits per heavy atom. The second-order valence-electron chi connectivity index (χ2n) is 2.70. The van der Waals surface area contributed by atoms with Crippen molar-refractivity contribution in [1.82, 2.24) is 0 Å². The molecule has 0 aliphatic carbocycles. The number of thiophene rings is 1. The Balaban J connectivity index is 2.80. The van der Waals surface area contributed by atoms with E-state index in [0.29, 0.717) is 0 Å². The molecule has 1 heterocycles. The van der Waals surface area contributed by atoms with Crippen LogP contribution in [0.2, 0.25) is 0 Å². The lowest BCUT2D eigenvalue weighted by molar-refractivity contribution is 0.413. The normalized spacial score (nSPS) is 10.6. The highest BCUT2D eigenvalue weighted by Crippen LogP contribution is 2.40. The minimum absolute atomic E-state index is 0.747. The van der Waals surface area contributed by atoms with Gasteiger partial charge in [0, 0.05) is 15.8 Å². The second kappa shape index (κ2) is 3.12. The number of hydrogen-bond acceptors (Lipinski definition) is 4. The average Bonchev–Trinajstić information content (AvgIpc) is 2.40. The highest BCUT2D eigenvalue weighted by Gasteiger charge is 2.09.